The zero-order valence-corrected chi connectivity index (χ0v) is 19.4. The fourth-order valence-electron chi connectivity index (χ4n) is 8.30. The summed E-state index contributed by atoms with van der Waals surface area (Å²) in [6, 6.07) is 5.85. The number of allylic oxidation sites excluding steroid dienone is 1. The van der Waals surface area contributed by atoms with E-state index in [0.717, 1.165) is 36.4 Å². The molecule has 4 aliphatic carbocycles. The number of nitrogens with zero attached hydrogens (tertiary/aromatic N) is 2. The van der Waals surface area contributed by atoms with Crippen molar-refractivity contribution in [3.8, 4) is 0 Å². The monoisotopic (exact) mass is 421 g/mol. The maximum absolute atomic E-state index is 10.2. The average Bonchev–Trinajstić information content (AvgIpc) is 3.12. The number of hydrazone groups is 1. The number of hydrogen-bond donors (Lipinski definition) is 2. The van der Waals surface area contributed by atoms with E-state index in [1.165, 1.54) is 38.5 Å². The Morgan fingerprint density at radius 2 is 2.03 bits per heavy atom. The normalized spacial score (nSPS) is 43.0. The highest BCUT2D eigenvalue weighted by Crippen LogP contribution is 2.67. The van der Waals surface area contributed by atoms with Crippen LogP contribution in [0, 0.1) is 40.4 Å². The molecule has 4 nitrogen and oxygen atoms in total. The summed E-state index contributed by atoms with van der Waals surface area (Å²) >= 11 is 0. The van der Waals surface area contributed by atoms with Gasteiger partial charge in [-0.05, 0) is 104 Å². The van der Waals surface area contributed by atoms with Gasteiger partial charge in [0.25, 0.3) is 0 Å². The largest absolute Gasteiger partial charge is 0.393 e. The van der Waals surface area contributed by atoms with Gasteiger partial charge in [-0.2, -0.15) is 5.10 Å². The van der Waals surface area contributed by atoms with E-state index in [1.807, 2.05) is 18.2 Å². The molecule has 31 heavy (non-hydrogen) atoms. The number of aromatic nitrogens is 1. The lowest BCUT2D eigenvalue weighted by atomic mass is 9.47. The summed E-state index contributed by atoms with van der Waals surface area (Å²) in [4.78, 5) is 4.30. The number of aliphatic hydroxyl groups excluding tert-OH is 1. The first kappa shape index (κ1) is 21.2. The first-order chi connectivity index (χ1) is 14.9. The Labute approximate surface area is 187 Å². The van der Waals surface area contributed by atoms with Gasteiger partial charge in [0.15, 0.2) is 0 Å². The Balaban J connectivity index is 1.31. The van der Waals surface area contributed by atoms with E-state index in [1.54, 1.807) is 11.8 Å². The lowest BCUT2D eigenvalue weighted by Gasteiger charge is -2.58. The van der Waals surface area contributed by atoms with Gasteiger partial charge in [0.1, 0.15) is 5.82 Å². The standard InChI is InChI=1S/C27H39N3O/c1-18(17-29-30-25-6-4-5-15-28-25)22-9-10-23-21-8-7-19-16-20(31)11-13-26(19,2)24(21)12-14-27(22,23)3/h4-7,15,17-18,20-24,31H,8-14,16H2,1-3H3,(H,28,30)/b29-17+/t18-,20+,21?,22-,23?,24?,26+,27-/m1/s1. The summed E-state index contributed by atoms with van der Waals surface area (Å²) in [7, 11) is 0. The molecule has 0 aliphatic heterocycles. The zero-order valence-electron chi connectivity index (χ0n) is 19.4. The van der Waals surface area contributed by atoms with Gasteiger partial charge in [0.05, 0.1) is 6.10 Å². The number of fused-ring (bicyclic) bond motifs is 5. The fourth-order valence-corrected chi connectivity index (χ4v) is 8.30. The van der Waals surface area contributed by atoms with Crippen LogP contribution in [-0.4, -0.2) is 22.4 Å². The SMILES string of the molecule is C[C@H](/C=N/Nc1ccccn1)[C@H]1CCC2C3CC=C4C[C@@H](O)CC[C@]4(C)C3CC[C@@]21C. The smallest absolute Gasteiger partial charge is 0.146 e. The van der Waals surface area contributed by atoms with E-state index in [9.17, 15) is 5.11 Å². The number of anilines is 1. The lowest BCUT2D eigenvalue weighted by Crippen LogP contribution is -2.50. The van der Waals surface area contributed by atoms with Crippen molar-refractivity contribution in [2.45, 2.75) is 78.2 Å². The molecule has 3 unspecified atom stereocenters. The minimum atomic E-state index is -0.111. The first-order valence-electron chi connectivity index (χ1n) is 12.5. The predicted molar refractivity (Wildman–Crippen MR) is 127 cm³/mol. The molecule has 5 rings (SSSR count). The minimum absolute atomic E-state index is 0.111. The highest BCUT2D eigenvalue weighted by molar-refractivity contribution is 5.62. The number of pyridine rings is 1. The van der Waals surface area contributed by atoms with Crippen LogP contribution in [0.15, 0.2) is 41.1 Å². The summed E-state index contributed by atoms with van der Waals surface area (Å²) < 4.78 is 0. The van der Waals surface area contributed by atoms with Crippen LogP contribution < -0.4 is 5.43 Å². The number of nitrogens with one attached hydrogen (secondary N) is 1. The molecule has 0 radical (unpaired) electrons. The van der Waals surface area contributed by atoms with Crippen molar-refractivity contribution < 1.29 is 5.11 Å². The van der Waals surface area contributed by atoms with E-state index in [-0.39, 0.29) is 6.10 Å². The molecule has 168 valence electrons. The van der Waals surface area contributed by atoms with Gasteiger partial charge in [-0.3, -0.25) is 5.43 Å². The molecule has 1 aromatic rings. The van der Waals surface area contributed by atoms with Crippen LogP contribution >= 0.6 is 0 Å². The molecule has 4 heteroatoms. The Bertz CT molecular complexity index is 851. The molecule has 3 fully saturated rings. The Morgan fingerprint density at radius 3 is 2.84 bits per heavy atom. The summed E-state index contributed by atoms with van der Waals surface area (Å²) in [5.74, 6) is 4.45. The van der Waals surface area contributed by atoms with Gasteiger partial charge in [-0.25, -0.2) is 4.98 Å². The van der Waals surface area contributed by atoms with E-state index in [0.29, 0.717) is 22.7 Å². The van der Waals surface area contributed by atoms with E-state index >= 15 is 0 Å². The van der Waals surface area contributed by atoms with Gasteiger partial charge in [0, 0.05) is 12.4 Å². The van der Waals surface area contributed by atoms with Crippen molar-refractivity contribution >= 4 is 12.0 Å². The van der Waals surface area contributed by atoms with Gasteiger partial charge < -0.3 is 5.11 Å². The maximum atomic E-state index is 10.2. The third-order valence-electron chi connectivity index (χ3n) is 9.94. The summed E-state index contributed by atoms with van der Waals surface area (Å²) in [5, 5.41) is 14.8. The van der Waals surface area contributed by atoms with Crippen molar-refractivity contribution in [1.82, 2.24) is 4.98 Å². The van der Waals surface area contributed by atoms with Crippen molar-refractivity contribution in [1.29, 1.82) is 0 Å². The van der Waals surface area contributed by atoms with Gasteiger partial charge >= 0.3 is 0 Å². The highest BCUT2D eigenvalue weighted by Gasteiger charge is 2.59. The first-order valence-corrected chi connectivity index (χ1v) is 12.5. The molecular formula is C27H39N3O. The third-order valence-corrected chi connectivity index (χ3v) is 9.94. The molecule has 1 aromatic heterocycles. The molecule has 3 saturated carbocycles. The van der Waals surface area contributed by atoms with E-state index in [4.69, 9.17) is 0 Å². The molecule has 4 aliphatic rings. The molecule has 8 atom stereocenters. The Kier molecular flexibility index (Phi) is 5.48. The quantitative estimate of drug-likeness (QED) is 0.353. The van der Waals surface area contributed by atoms with Crippen molar-refractivity contribution in [3.63, 3.8) is 0 Å². The molecule has 0 saturated heterocycles. The molecule has 2 N–H and O–H groups in total. The number of aliphatic hydroxyl groups is 1. The topological polar surface area (TPSA) is 57.5 Å². The second kappa shape index (κ2) is 8.03. The molecular weight excluding hydrogens is 382 g/mol. The number of rotatable bonds is 4. The summed E-state index contributed by atoms with van der Waals surface area (Å²) in [5.41, 5.74) is 5.43. The highest BCUT2D eigenvalue weighted by atomic mass is 16.3. The molecule has 0 amide bonds. The van der Waals surface area contributed by atoms with Crippen LogP contribution in [0.3, 0.4) is 0 Å². The van der Waals surface area contributed by atoms with E-state index < -0.39 is 0 Å². The Morgan fingerprint density at radius 1 is 1.16 bits per heavy atom. The van der Waals surface area contributed by atoms with Crippen molar-refractivity contribution in [2.75, 3.05) is 5.43 Å². The van der Waals surface area contributed by atoms with Crippen LogP contribution in [0.5, 0.6) is 0 Å². The van der Waals surface area contributed by atoms with Crippen molar-refractivity contribution in [3.05, 3.63) is 36.0 Å². The zero-order chi connectivity index (χ0) is 21.6. The third kappa shape index (κ3) is 3.55. The van der Waals surface area contributed by atoms with Gasteiger partial charge in [-0.1, -0.05) is 38.5 Å². The van der Waals surface area contributed by atoms with Crippen LogP contribution in [0.1, 0.15) is 72.1 Å². The van der Waals surface area contributed by atoms with Gasteiger partial charge in [-0.15, -0.1) is 0 Å². The van der Waals surface area contributed by atoms with Crippen LogP contribution in [0.4, 0.5) is 5.82 Å². The van der Waals surface area contributed by atoms with Gasteiger partial charge in [0.2, 0.25) is 0 Å². The fraction of sp³-hybridized carbons (Fsp3) is 0.704. The maximum Gasteiger partial charge on any atom is 0.146 e. The van der Waals surface area contributed by atoms with E-state index in [2.05, 4.69) is 48.6 Å². The molecule has 1 heterocycles. The number of hydrogen-bond acceptors (Lipinski definition) is 4. The average molecular weight is 422 g/mol. The second-order valence-electron chi connectivity index (χ2n) is 11.3. The molecule has 0 bridgehead atoms. The van der Waals surface area contributed by atoms with Crippen LogP contribution in [0.25, 0.3) is 0 Å². The molecule has 0 aromatic carbocycles. The summed E-state index contributed by atoms with van der Waals surface area (Å²) in [6.07, 6.45) is 16.1. The summed E-state index contributed by atoms with van der Waals surface area (Å²) in [6.45, 7) is 7.47. The second-order valence-corrected chi connectivity index (χ2v) is 11.3. The minimum Gasteiger partial charge on any atom is -0.393 e. The van der Waals surface area contributed by atoms with Crippen LogP contribution in [-0.2, 0) is 0 Å². The van der Waals surface area contributed by atoms with Crippen molar-refractivity contribution in [2.24, 2.45) is 45.5 Å². The predicted octanol–water partition coefficient (Wildman–Crippen LogP) is 6.06. The van der Waals surface area contributed by atoms with Crippen LogP contribution in [0.2, 0.25) is 0 Å². The Hall–Kier alpha value is -1.68. The molecule has 0 spiro atoms. The lowest BCUT2D eigenvalue weighted by molar-refractivity contribution is -0.0529.